The molecular formula is C22H20F2N4O3. The van der Waals surface area contributed by atoms with E-state index in [4.69, 9.17) is 4.74 Å². The van der Waals surface area contributed by atoms with Crippen molar-refractivity contribution < 1.29 is 23.1 Å². The van der Waals surface area contributed by atoms with Gasteiger partial charge in [-0.05, 0) is 51.1 Å². The number of carbonyl (C=O) groups is 2. The lowest BCUT2D eigenvalue weighted by Gasteiger charge is -2.23. The van der Waals surface area contributed by atoms with E-state index in [1.807, 2.05) is 0 Å². The predicted octanol–water partition coefficient (Wildman–Crippen LogP) is 3.67. The lowest BCUT2D eigenvalue weighted by molar-refractivity contribution is -0.122. The fraction of sp³-hybridized carbons (Fsp3) is 0.227. The molecule has 2 heterocycles. The molecule has 1 aliphatic rings. The van der Waals surface area contributed by atoms with Gasteiger partial charge in [0.05, 0.1) is 17.8 Å². The lowest BCUT2D eigenvalue weighted by Crippen LogP contribution is -2.34. The van der Waals surface area contributed by atoms with Crippen LogP contribution in [-0.4, -0.2) is 27.7 Å². The van der Waals surface area contributed by atoms with Crippen LogP contribution in [0.25, 0.3) is 5.69 Å². The first-order chi connectivity index (χ1) is 14.7. The van der Waals surface area contributed by atoms with Crippen LogP contribution in [0.3, 0.4) is 0 Å². The van der Waals surface area contributed by atoms with Gasteiger partial charge in [0.15, 0.2) is 11.9 Å². The van der Waals surface area contributed by atoms with Gasteiger partial charge in [-0.3, -0.25) is 9.59 Å². The van der Waals surface area contributed by atoms with Crippen molar-refractivity contribution in [2.24, 2.45) is 0 Å². The highest BCUT2D eigenvalue weighted by Gasteiger charge is 2.24. The molecule has 2 amide bonds. The molecular weight excluding hydrogens is 406 g/mol. The minimum Gasteiger partial charge on any atom is -0.479 e. The van der Waals surface area contributed by atoms with E-state index in [1.54, 1.807) is 39.0 Å². The number of aryl methyl sites for hydroxylation is 1. The molecule has 0 radical (unpaired) electrons. The van der Waals surface area contributed by atoms with Crippen molar-refractivity contribution in [2.75, 3.05) is 10.6 Å². The SMILES string of the molecule is Cc1nn(-c2ccc(F)cc2F)c(C)c1CC(=O)Nc1ccc2c(c1)NC(=O)[C@H](C)O2. The summed E-state index contributed by atoms with van der Waals surface area (Å²) in [4.78, 5) is 24.4. The van der Waals surface area contributed by atoms with E-state index in [1.165, 1.54) is 10.7 Å². The van der Waals surface area contributed by atoms with Crippen LogP contribution >= 0.6 is 0 Å². The second kappa shape index (κ2) is 7.82. The summed E-state index contributed by atoms with van der Waals surface area (Å²) in [5, 5.41) is 9.83. The molecule has 0 aliphatic carbocycles. The van der Waals surface area contributed by atoms with Crippen LogP contribution in [0, 0.1) is 25.5 Å². The van der Waals surface area contributed by atoms with Crippen LogP contribution in [0.4, 0.5) is 20.2 Å². The molecule has 1 aliphatic heterocycles. The van der Waals surface area contributed by atoms with Crippen LogP contribution in [0.5, 0.6) is 5.75 Å². The summed E-state index contributed by atoms with van der Waals surface area (Å²) in [5.74, 6) is -1.46. The summed E-state index contributed by atoms with van der Waals surface area (Å²) in [6.45, 7) is 5.09. The first-order valence-electron chi connectivity index (χ1n) is 9.65. The third-order valence-electron chi connectivity index (χ3n) is 5.11. The summed E-state index contributed by atoms with van der Waals surface area (Å²) < 4.78 is 34.3. The van der Waals surface area contributed by atoms with Crippen molar-refractivity contribution in [3.8, 4) is 11.4 Å². The number of hydrogen-bond donors (Lipinski definition) is 2. The topological polar surface area (TPSA) is 85.3 Å². The zero-order valence-electron chi connectivity index (χ0n) is 17.1. The number of hydrogen-bond acceptors (Lipinski definition) is 4. The zero-order valence-corrected chi connectivity index (χ0v) is 17.1. The number of aromatic nitrogens is 2. The molecule has 0 spiro atoms. The molecule has 1 atom stereocenters. The number of benzene rings is 2. The summed E-state index contributed by atoms with van der Waals surface area (Å²) in [6, 6.07) is 8.22. The second-order valence-electron chi connectivity index (χ2n) is 7.34. The number of fused-ring (bicyclic) bond motifs is 1. The first-order valence-corrected chi connectivity index (χ1v) is 9.65. The van der Waals surface area contributed by atoms with Crippen molar-refractivity contribution in [2.45, 2.75) is 33.3 Å². The Hall–Kier alpha value is -3.75. The number of ether oxygens (including phenoxy) is 1. The molecule has 9 heteroatoms. The van der Waals surface area contributed by atoms with Gasteiger partial charge in [0, 0.05) is 23.0 Å². The average molecular weight is 426 g/mol. The van der Waals surface area contributed by atoms with E-state index >= 15 is 0 Å². The standard InChI is InChI=1S/C22H20F2N4O3/c1-11-16(12(2)28(27-11)19-6-4-14(23)8-17(19)24)10-21(29)25-15-5-7-20-18(9-15)26-22(30)13(3)31-20/h4-9,13H,10H2,1-3H3,(H,25,29)(H,26,30)/t13-/m0/s1. The van der Waals surface area contributed by atoms with Gasteiger partial charge >= 0.3 is 0 Å². The van der Waals surface area contributed by atoms with Crippen LogP contribution in [-0.2, 0) is 16.0 Å². The molecule has 0 fully saturated rings. The fourth-order valence-corrected chi connectivity index (χ4v) is 3.47. The summed E-state index contributed by atoms with van der Waals surface area (Å²) in [6.07, 6.45) is -0.571. The Balaban J connectivity index is 1.53. The van der Waals surface area contributed by atoms with Gasteiger partial charge in [0.1, 0.15) is 17.3 Å². The Kier molecular flexibility index (Phi) is 5.18. The van der Waals surface area contributed by atoms with E-state index in [2.05, 4.69) is 15.7 Å². The molecule has 0 unspecified atom stereocenters. The third kappa shape index (κ3) is 3.98. The highest BCUT2D eigenvalue weighted by atomic mass is 19.1. The summed E-state index contributed by atoms with van der Waals surface area (Å²) >= 11 is 0. The third-order valence-corrected chi connectivity index (χ3v) is 5.11. The molecule has 0 bridgehead atoms. The minimum atomic E-state index is -0.741. The van der Waals surface area contributed by atoms with Crippen molar-refractivity contribution in [3.05, 3.63) is 65.0 Å². The Bertz CT molecular complexity index is 1210. The predicted molar refractivity (Wildman–Crippen MR) is 110 cm³/mol. The minimum absolute atomic E-state index is 0.0114. The Morgan fingerprint density at radius 2 is 2.00 bits per heavy atom. The number of amides is 2. The number of nitrogens with one attached hydrogen (secondary N) is 2. The molecule has 3 aromatic rings. The maximum absolute atomic E-state index is 14.2. The van der Waals surface area contributed by atoms with Gasteiger partial charge in [0.2, 0.25) is 5.91 Å². The molecule has 0 saturated heterocycles. The van der Waals surface area contributed by atoms with E-state index in [9.17, 15) is 18.4 Å². The quantitative estimate of drug-likeness (QED) is 0.667. The number of nitrogens with zero attached hydrogens (tertiary/aromatic N) is 2. The monoisotopic (exact) mass is 426 g/mol. The first kappa shape index (κ1) is 20.5. The van der Waals surface area contributed by atoms with Gasteiger partial charge in [-0.15, -0.1) is 0 Å². The molecule has 160 valence electrons. The maximum atomic E-state index is 14.2. The highest BCUT2D eigenvalue weighted by molar-refractivity contribution is 5.99. The van der Waals surface area contributed by atoms with Gasteiger partial charge in [-0.25, -0.2) is 13.5 Å². The van der Waals surface area contributed by atoms with Crippen molar-refractivity contribution in [1.82, 2.24) is 9.78 Å². The van der Waals surface area contributed by atoms with Gasteiger partial charge in [0.25, 0.3) is 5.91 Å². The van der Waals surface area contributed by atoms with Crippen molar-refractivity contribution >= 4 is 23.2 Å². The van der Waals surface area contributed by atoms with E-state index < -0.39 is 17.7 Å². The highest BCUT2D eigenvalue weighted by Crippen LogP contribution is 2.32. The Morgan fingerprint density at radius 1 is 1.23 bits per heavy atom. The van der Waals surface area contributed by atoms with Gasteiger partial charge < -0.3 is 15.4 Å². The normalized spacial score (nSPS) is 15.1. The molecule has 31 heavy (non-hydrogen) atoms. The Labute approximate surface area is 177 Å². The van der Waals surface area contributed by atoms with E-state index in [-0.39, 0.29) is 23.9 Å². The Morgan fingerprint density at radius 3 is 2.74 bits per heavy atom. The molecule has 2 aromatic carbocycles. The molecule has 4 rings (SSSR count). The fourth-order valence-electron chi connectivity index (χ4n) is 3.47. The molecule has 7 nitrogen and oxygen atoms in total. The molecule has 0 saturated carbocycles. The van der Waals surface area contributed by atoms with Crippen LogP contribution in [0.15, 0.2) is 36.4 Å². The second-order valence-corrected chi connectivity index (χ2v) is 7.34. The van der Waals surface area contributed by atoms with Crippen molar-refractivity contribution in [3.63, 3.8) is 0 Å². The van der Waals surface area contributed by atoms with Gasteiger partial charge in [-0.1, -0.05) is 0 Å². The maximum Gasteiger partial charge on any atom is 0.265 e. The largest absolute Gasteiger partial charge is 0.479 e. The number of anilines is 2. The summed E-state index contributed by atoms with van der Waals surface area (Å²) in [7, 11) is 0. The van der Waals surface area contributed by atoms with Crippen molar-refractivity contribution in [1.29, 1.82) is 0 Å². The van der Waals surface area contributed by atoms with Crippen LogP contribution in [0.2, 0.25) is 0 Å². The zero-order chi connectivity index (χ0) is 22.3. The molecule has 1 aromatic heterocycles. The van der Waals surface area contributed by atoms with E-state index in [0.717, 1.165) is 12.1 Å². The average Bonchev–Trinajstić information content (AvgIpc) is 2.97. The van der Waals surface area contributed by atoms with Crippen LogP contribution < -0.4 is 15.4 Å². The van der Waals surface area contributed by atoms with E-state index in [0.29, 0.717) is 34.1 Å². The smallest absolute Gasteiger partial charge is 0.265 e. The number of halogens is 2. The number of carbonyl (C=O) groups excluding carboxylic acids is 2. The van der Waals surface area contributed by atoms with Crippen LogP contribution in [0.1, 0.15) is 23.9 Å². The lowest BCUT2D eigenvalue weighted by atomic mass is 10.1. The number of rotatable bonds is 4. The summed E-state index contributed by atoms with van der Waals surface area (Å²) in [5.41, 5.74) is 2.87. The molecule has 2 N–H and O–H groups in total. The van der Waals surface area contributed by atoms with Gasteiger partial charge in [-0.2, -0.15) is 5.10 Å².